The number of aromatic nitrogens is 1. The first-order valence-corrected chi connectivity index (χ1v) is 10.3. The van der Waals surface area contributed by atoms with E-state index in [1.54, 1.807) is 11.3 Å². The molecule has 0 aromatic carbocycles. The second-order valence-corrected chi connectivity index (χ2v) is 8.82. The molecule has 7 nitrogen and oxygen atoms in total. The third kappa shape index (κ3) is 6.12. The molecule has 138 valence electrons. The summed E-state index contributed by atoms with van der Waals surface area (Å²) in [5.41, 5.74) is 1.05. The van der Waals surface area contributed by atoms with Crippen LogP contribution in [0.3, 0.4) is 0 Å². The van der Waals surface area contributed by atoms with Crippen LogP contribution in [0.25, 0.3) is 0 Å². The first-order chi connectivity index (χ1) is 10.9. The van der Waals surface area contributed by atoms with Gasteiger partial charge in [0.15, 0.2) is 5.96 Å². The number of aryl methyl sites for hydroxylation is 2. The van der Waals surface area contributed by atoms with Crippen LogP contribution in [0.1, 0.15) is 28.9 Å². The summed E-state index contributed by atoms with van der Waals surface area (Å²) in [5.74, 6) is 0.957. The van der Waals surface area contributed by atoms with E-state index in [2.05, 4.69) is 27.5 Å². The summed E-state index contributed by atoms with van der Waals surface area (Å²) in [6, 6.07) is 0. The molecule has 10 heteroatoms. The highest BCUT2D eigenvalue weighted by Crippen LogP contribution is 2.17. The van der Waals surface area contributed by atoms with Crippen LogP contribution in [0.5, 0.6) is 0 Å². The van der Waals surface area contributed by atoms with Gasteiger partial charge in [-0.3, -0.25) is 0 Å². The fourth-order valence-corrected chi connectivity index (χ4v) is 4.72. The number of sulfonamides is 1. The average Bonchev–Trinajstić information content (AvgIpc) is 2.99. The first kappa shape index (κ1) is 21.6. The van der Waals surface area contributed by atoms with E-state index in [1.165, 1.54) is 9.18 Å². The molecule has 1 aliphatic rings. The topological polar surface area (TPSA) is 86.7 Å². The number of nitrogens with one attached hydrogen (secondary N) is 2. The van der Waals surface area contributed by atoms with Gasteiger partial charge in [0.1, 0.15) is 5.01 Å². The normalized spacial score (nSPS) is 17.5. The molecule has 0 saturated carbocycles. The fourth-order valence-electron chi connectivity index (χ4n) is 2.34. The van der Waals surface area contributed by atoms with Crippen LogP contribution in [-0.4, -0.2) is 55.6 Å². The van der Waals surface area contributed by atoms with Crippen molar-refractivity contribution in [3.63, 3.8) is 0 Å². The van der Waals surface area contributed by atoms with Crippen molar-refractivity contribution in [1.82, 2.24) is 19.9 Å². The Morgan fingerprint density at radius 2 is 2.12 bits per heavy atom. The summed E-state index contributed by atoms with van der Waals surface area (Å²) in [7, 11) is -3.03. The number of hydrogen-bond acceptors (Lipinski definition) is 5. The molecule has 0 atom stereocenters. The summed E-state index contributed by atoms with van der Waals surface area (Å²) in [6.45, 7) is 8.97. The Balaban J connectivity index is 0.00000288. The van der Waals surface area contributed by atoms with E-state index >= 15 is 0 Å². The van der Waals surface area contributed by atoms with E-state index in [9.17, 15) is 8.42 Å². The molecular weight excluding hydrogens is 461 g/mol. The Hall–Kier alpha value is -0.460. The second kappa shape index (κ2) is 9.88. The zero-order valence-electron chi connectivity index (χ0n) is 14.3. The van der Waals surface area contributed by atoms with Crippen LogP contribution < -0.4 is 10.6 Å². The molecule has 1 aromatic rings. The molecule has 1 fully saturated rings. The minimum atomic E-state index is -3.03. The van der Waals surface area contributed by atoms with Crippen LogP contribution in [0, 0.1) is 13.8 Å². The van der Waals surface area contributed by atoms with Gasteiger partial charge in [0.05, 0.1) is 18.0 Å². The molecule has 0 aliphatic carbocycles. The fraction of sp³-hybridized carbons (Fsp3) is 0.714. The third-order valence-electron chi connectivity index (χ3n) is 3.65. The van der Waals surface area contributed by atoms with E-state index in [-0.39, 0.29) is 29.7 Å². The molecule has 2 rings (SSSR count). The van der Waals surface area contributed by atoms with Gasteiger partial charge in [0.2, 0.25) is 10.0 Å². The molecular formula is C14H26IN5O2S2. The van der Waals surface area contributed by atoms with Crippen LogP contribution in [0.15, 0.2) is 4.99 Å². The monoisotopic (exact) mass is 487 g/mol. The predicted octanol–water partition coefficient (Wildman–Crippen LogP) is 1.47. The maximum atomic E-state index is 11.8. The molecule has 1 aromatic heterocycles. The van der Waals surface area contributed by atoms with Gasteiger partial charge in [0, 0.05) is 31.1 Å². The lowest BCUT2D eigenvalue weighted by Gasteiger charge is -2.16. The molecule has 1 aliphatic heterocycles. The Kier molecular flexibility index (Phi) is 8.88. The van der Waals surface area contributed by atoms with Gasteiger partial charge >= 0.3 is 0 Å². The van der Waals surface area contributed by atoms with E-state index in [1.807, 2.05) is 13.8 Å². The molecule has 0 spiro atoms. The van der Waals surface area contributed by atoms with Crippen molar-refractivity contribution in [2.24, 2.45) is 4.99 Å². The van der Waals surface area contributed by atoms with Gasteiger partial charge in [-0.15, -0.1) is 35.3 Å². The number of nitrogens with zero attached hydrogens (tertiary/aromatic N) is 3. The van der Waals surface area contributed by atoms with Gasteiger partial charge in [-0.1, -0.05) is 0 Å². The van der Waals surface area contributed by atoms with Crippen molar-refractivity contribution in [3.8, 4) is 0 Å². The minimum absolute atomic E-state index is 0. The van der Waals surface area contributed by atoms with Crippen molar-refractivity contribution in [2.75, 3.05) is 31.9 Å². The lowest BCUT2D eigenvalue weighted by atomic mass is 10.4. The Morgan fingerprint density at radius 1 is 1.38 bits per heavy atom. The molecule has 2 N–H and O–H groups in total. The van der Waals surface area contributed by atoms with E-state index in [0.29, 0.717) is 32.1 Å². The molecule has 0 radical (unpaired) electrons. The molecule has 0 amide bonds. The molecule has 0 bridgehead atoms. The van der Waals surface area contributed by atoms with Gasteiger partial charge < -0.3 is 10.6 Å². The Bertz CT molecular complexity index is 641. The van der Waals surface area contributed by atoms with Gasteiger partial charge in [-0.2, -0.15) is 0 Å². The summed E-state index contributed by atoms with van der Waals surface area (Å²) in [5, 5.41) is 7.34. The maximum Gasteiger partial charge on any atom is 0.214 e. The van der Waals surface area contributed by atoms with E-state index in [4.69, 9.17) is 0 Å². The smallest absolute Gasteiger partial charge is 0.214 e. The number of guanidine groups is 1. The van der Waals surface area contributed by atoms with Crippen LogP contribution in [-0.2, 0) is 16.6 Å². The van der Waals surface area contributed by atoms with Crippen LogP contribution >= 0.6 is 35.3 Å². The SMILES string of the molecule is CCNC(=NCc1nc(C)c(C)s1)NCCN1CCCS1(=O)=O.I. The van der Waals surface area contributed by atoms with Crippen LogP contribution in [0.4, 0.5) is 0 Å². The molecule has 24 heavy (non-hydrogen) atoms. The van der Waals surface area contributed by atoms with E-state index in [0.717, 1.165) is 23.7 Å². The Labute approximate surface area is 165 Å². The molecule has 2 heterocycles. The number of hydrogen-bond donors (Lipinski definition) is 2. The van der Waals surface area contributed by atoms with E-state index < -0.39 is 10.0 Å². The van der Waals surface area contributed by atoms with Crippen molar-refractivity contribution < 1.29 is 8.42 Å². The van der Waals surface area contributed by atoms with Crippen molar-refractivity contribution in [2.45, 2.75) is 33.7 Å². The van der Waals surface area contributed by atoms with Gasteiger partial charge in [0.25, 0.3) is 0 Å². The lowest BCUT2D eigenvalue weighted by molar-refractivity contribution is 0.445. The number of thiazole rings is 1. The van der Waals surface area contributed by atoms with Gasteiger partial charge in [-0.25, -0.2) is 22.7 Å². The standard InChI is InChI=1S/C14H25N5O2S2.HI/c1-4-15-14(17-10-13-18-11(2)12(3)22-13)16-6-8-19-7-5-9-23(19,20)21;/h4-10H2,1-3H3,(H2,15,16,17);1H. The average molecular weight is 487 g/mol. The third-order valence-corrected chi connectivity index (χ3v) is 6.66. The highest BCUT2D eigenvalue weighted by molar-refractivity contribution is 14.0. The predicted molar refractivity (Wildman–Crippen MR) is 110 cm³/mol. The summed E-state index contributed by atoms with van der Waals surface area (Å²) < 4.78 is 25.0. The maximum absolute atomic E-state index is 11.8. The number of rotatable bonds is 6. The summed E-state index contributed by atoms with van der Waals surface area (Å²) >= 11 is 1.66. The number of aliphatic imine (C=N–C) groups is 1. The molecule has 0 unspecified atom stereocenters. The summed E-state index contributed by atoms with van der Waals surface area (Å²) in [6.07, 6.45) is 0.721. The minimum Gasteiger partial charge on any atom is -0.357 e. The van der Waals surface area contributed by atoms with Crippen LogP contribution in [0.2, 0.25) is 0 Å². The lowest BCUT2D eigenvalue weighted by Crippen LogP contribution is -2.42. The highest BCUT2D eigenvalue weighted by Gasteiger charge is 2.27. The zero-order valence-corrected chi connectivity index (χ0v) is 18.3. The van der Waals surface area contributed by atoms with Crippen molar-refractivity contribution >= 4 is 51.3 Å². The highest BCUT2D eigenvalue weighted by atomic mass is 127. The largest absolute Gasteiger partial charge is 0.357 e. The number of halogens is 1. The Morgan fingerprint density at radius 3 is 2.67 bits per heavy atom. The zero-order chi connectivity index (χ0) is 16.9. The van der Waals surface area contributed by atoms with Gasteiger partial charge in [-0.05, 0) is 27.2 Å². The first-order valence-electron chi connectivity index (χ1n) is 7.85. The second-order valence-electron chi connectivity index (χ2n) is 5.44. The molecule has 1 saturated heterocycles. The summed E-state index contributed by atoms with van der Waals surface area (Å²) in [4.78, 5) is 10.2. The van der Waals surface area contributed by atoms with Crippen molar-refractivity contribution in [3.05, 3.63) is 15.6 Å². The quantitative estimate of drug-likeness (QED) is 0.361. The van der Waals surface area contributed by atoms with Crippen molar-refractivity contribution in [1.29, 1.82) is 0 Å².